The second-order valence-electron chi connectivity index (χ2n) is 6.85. The highest BCUT2D eigenvalue weighted by atomic mass is 15.1. The number of allylic oxidation sites excluding steroid dienone is 1. The maximum absolute atomic E-state index is 5.77. The maximum atomic E-state index is 5.77. The number of nitrogens with zero attached hydrogens (tertiary/aromatic N) is 1. The van der Waals surface area contributed by atoms with E-state index < -0.39 is 0 Å². The van der Waals surface area contributed by atoms with Crippen molar-refractivity contribution in [3.63, 3.8) is 0 Å². The molecule has 0 heterocycles. The van der Waals surface area contributed by atoms with Gasteiger partial charge >= 0.3 is 0 Å². The molecule has 2 nitrogen and oxygen atoms in total. The van der Waals surface area contributed by atoms with Crippen LogP contribution in [0, 0.1) is 12.8 Å². The minimum atomic E-state index is 0.674. The van der Waals surface area contributed by atoms with E-state index in [1.54, 1.807) is 5.57 Å². The Bertz CT molecular complexity index is 711. The predicted octanol–water partition coefficient (Wildman–Crippen LogP) is 4.68. The number of benzene rings is 2. The molecule has 1 saturated carbocycles. The highest BCUT2D eigenvalue weighted by Crippen LogP contribution is 2.39. The van der Waals surface area contributed by atoms with Crippen LogP contribution in [0.3, 0.4) is 0 Å². The standard InChI is InChI=1S/C21H26N2/c1-15-4-11-21(23(2)3)19(12-15)14-18-8-7-17(18)13-16-5-9-20(22)10-6-16/h4-6,9-13,18H,7-8,14,22H2,1-3H3/b17-13+. The molecule has 1 aliphatic rings. The fraction of sp³-hybridized carbons (Fsp3) is 0.333. The first kappa shape index (κ1) is 15.7. The molecule has 0 radical (unpaired) electrons. The lowest BCUT2D eigenvalue weighted by Crippen LogP contribution is -2.20. The zero-order valence-corrected chi connectivity index (χ0v) is 14.3. The van der Waals surface area contributed by atoms with Gasteiger partial charge in [-0.25, -0.2) is 0 Å². The van der Waals surface area contributed by atoms with Crippen molar-refractivity contribution < 1.29 is 0 Å². The lowest BCUT2D eigenvalue weighted by atomic mass is 9.74. The third kappa shape index (κ3) is 3.58. The number of nitrogen functional groups attached to an aromatic ring is 1. The molecule has 0 spiro atoms. The Morgan fingerprint density at radius 2 is 1.87 bits per heavy atom. The second kappa shape index (κ2) is 6.49. The van der Waals surface area contributed by atoms with Crippen molar-refractivity contribution >= 4 is 17.5 Å². The van der Waals surface area contributed by atoms with Gasteiger partial charge in [0.15, 0.2) is 0 Å². The van der Waals surface area contributed by atoms with Gasteiger partial charge in [-0.05, 0) is 61.4 Å². The van der Waals surface area contributed by atoms with E-state index >= 15 is 0 Å². The van der Waals surface area contributed by atoms with Gasteiger partial charge < -0.3 is 10.6 Å². The molecule has 1 unspecified atom stereocenters. The van der Waals surface area contributed by atoms with Crippen molar-refractivity contribution in [2.24, 2.45) is 5.92 Å². The molecule has 2 N–H and O–H groups in total. The summed E-state index contributed by atoms with van der Waals surface area (Å²) in [5.41, 5.74) is 13.6. The summed E-state index contributed by atoms with van der Waals surface area (Å²) in [5, 5.41) is 0. The van der Waals surface area contributed by atoms with Crippen molar-refractivity contribution in [2.45, 2.75) is 26.2 Å². The van der Waals surface area contributed by atoms with Crippen molar-refractivity contribution in [1.82, 2.24) is 0 Å². The summed E-state index contributed by atoms with van der Waals surface area (Å²) in [6.45, 7) is 2.18. The van der Waals surface area contributed by atoms with Gasteiger partial charge in [-0.3, -0.25) is 0 Å². The van der Waals surface area contributed by atoms with Gasteiger partial charge in [0.05, 0.1) is 0 Å². The van der Waals surface area contributed by atoms with Crippen LogP contribution in [-0.2, 0) is 6.42 Å². The summed E-state index contributed by atoms with van der Waals surface area (Å²) in [7, 11) is 4.25. The Kier molecular flexibility index (Phi) is 4.42. The summed E-state index contributed by atoms with van der Waals surface area (Å²) >= 11 is 0. The van der Waals surface area contributed by atoms with Crippen LogP contribution < -0.4 is 10.6 Å². The number of rotatable bonds is 4. The Hall–Kier alpha value is -2.22. The van der Waals surface area contributed by atoms with Gasteiger partial charge in [0.25, 0.3) is 0 Å². The third-order valence-electron chi connectivity index (χ3n) is 4.78. The van der Waals surface area contributed by atoms with Crippen molar-refractivity contribution in [3.05, 3.63) is 64.7 Å². The van der Waals surface area contributed by atoms with Gasteiger partial charge in [0.2, 0.25) is 0 Å². The van der Waals surface area contributed by atoms with E-state index in [0.717, 1.165) is 12.1 Å². The Balaban J connectivity index is 1.78. The Morgan fingerprint density at radius 3 is 2.48 bits per heavy atom. The van der Waals surface area contributed by atoms with Crippen LogP contribution in [0.5, 0.6) is 0 Å². The highest BCUT2D eigenvalue weighted by Gasteiger charge is 2.25. The van der Waals surface area contributed by atoms with Crippen molar-refractivity contribution in [1.29, 1.82) is 0 Å². The van der Waals surface area contributed by atoms with E-state index in [0.29, 0.717) is 5.92 Å². The van der Waals surface area contributed by atoms with E-state index in [1.807, 2.05) is 12.1 Å². The average Bonchev–Trinajstić information content (AvgIpc) is 2.50. The van der Waals surface area contributed by atoms with Crippen LogP contribution in [0.25, 0.3) is 6.08 Å². The minimum Gasteiger partial charge on any atom is -0.399 e. The molecule has 23 heavy (non-hydrogen) atoms. The molecule has 0 amide bonds. The van der Waals surface area contributed by atoms with Crippen LogP contribution in [0.4, 0.5) is 11.4 Å². The summed E-state index contributed by atoms with van der Waals surface area (Å²) in [6, 6.07) is 15.0. The zero-order valence-electron chi connectivity index (χ0n) is 14.3. The van der Waals surface area contributed by atoms with Crippen LogP contribution in [-0.4, -0.2) is 14.1 Å². The fourth-order valence-corrected chi connectivity index (χ4v) is 3.32. The van der Waals surface area contributed by atoms with Crippen LogP contribution in [0.2, 0.25) is 0 Å². The SMILES string of the molecule is Cc1ccc(N(C)C)c(CC2CC/C2=C\c2ccc(N)cc2)c1. The smallest absolute Gasteiger partial charge is 0.0393 e. The topological polar surface area (TPSA) is 29.3 Å². The Morgan fingerprint density at radius 1 is 1.13 bits per heavy atom. The first-order valence-electron chi connectivity index (χ1n) is 8.36. The summed E-state index contributed by atoms with van der Waals surface area (Å²) in [6.07, 6.45) is 5.99. The minimum absolute atomic E-state index is 0.674. The van der Waals surface area contributed by atoms with Crippen LogP contribution in [0.15, 0.2) is 48.0 Å². The summed E-state index contributed by atoms with van der Waals surface area (Å²) in [4.78, 5) is 2.22. The molecule has 2 aromatic carbocycles. The fourth-order valence-electron chi connectivity index (χ4n) is 3.32. The van der Waals surface area contributed by atoms with Gasteiger partial charge in [-0.15, -0.1) is 0 Å². The van der Waals surface area contributed by atoms with E-state index in [-0.39, 0.29) is 0 Å². The first-order valence-corrected chi connectivity index (χ1v) is 8.36. The summed E-state index contributed by atoms with van der Waals surface area (Å²) < 4.78 is 0. The third-order valence-corrected chi connectivity index (χ3v) is 4.78. The van der Waals surface area contributed by atoms with Gasteiger partial charge in [0, 0.05) is 25.5 Å². The summed E-state index contributed by atoms with van der Waals surface area (Å²) in [5.74, 6) is 0.674. The molecule has 0 aromatic heterocycles. The Labute approximate surface area is 139 Å². The maximum Gasteiger partial charge on any atom is 0.0393 e. The molecular formula is C21H26N2. The number of hydrogen-bond acceptors (Lipinski definition) is 2. The quantitative estimate of drug-likeness (QED) is 0.831. The van der Waals surface area contributed by atoms with E-state index in [1.165, 1.54) is 35.2 Å². The molecular weight excluding hydrogens is 280 g/mol. The monoisotopic (exact) mass is 306 g/mol. The highest BCUT2D eigenvalue weighted by molar-refractivity contribution is 5.59. The lowest BCUT2D eigenvalue weighted by molar-refractivity contribution is 0.445. The van der Waals surface area contributed by atoms with E-state index in [2.05, 4.69) is 62.3 Å². The van der Waals surface area contributed by atoms with Gasteiger partial charge in [-0.1, -0.05) is 41.5 Å². The molecule has 3 rings (SSSR count). The molecule has 2 aromatic rings. The lowest BCUT2D eigenvalue weighted by Gasteiger charge is -2.32. The number of aryl methyl sites for hydroxylation is 1. The number of nitrogens with two attached hydrogens (primary N) is 1. The molecule has 2 heteroatoms. The van der Waals surface area contributed by atoms with Crippen LogP contribution >= 0.6 is 0 Å². The average molecular weight is 306 g/mol. The molecule has 1 atom stereocenters. The van der Waals surface area contributed by atoms with Gasteiger partial charge in [-0.2, -0.15) is 0 Å². The predicted molar refractivity (Wildman–Crippen MR) is 101 cm³/mol. The number of hydrogen-bond donors (Lipinski definition) is 1. The van der Waals surface area contributed by atoms with Gasteiger partial charge in [0.1, 0.15) is 0 Å². The molecule has 0 saturated heterocycles. The van der Waals surface area contributed by atoms with Crippen molar-refractivity contribution in [3.8, 4) is 0 Å². The number of anilines is 2. The molecule has 1 aliphatic carbocycles. The van der Waals surface area contributed by atoms with Crippen LogP contribution in [0.1, 0.15) is 29.5 Å². The van der Waals surface area contributed by atoms with Crippen molar-refractivity contribution in [2.75, 3.05) is 24.7 Å². The molecule has 0 aliphatic heterocycles. The van der Waals surface area contributed by atoms with E-state index in [4.69, 9.17) is 5.73 Å². The first-order chi connectivity index (χ1) is 11.0. The largest absolute Gasteiger partial charge is 0.399 e. The molecule has 0 bridgehead atoms. The molecule has 1 fully saturated rings. The normalized spacial score (nSPS) is 18.7. The van der Waals surface area contributed by atoms with E-state index in [9.17, 15) is 0 Å². The second-order valence-corrected chi connectivity index (χ2v) is 6.85. The molecule has 120 valence electrons. The zero-order chi connectivity index (χ0) is 16.4.